The average molecular weight is 265 g/mol. The zero-order valence-electron chi connectivity index (χ0n) is 11.2. The van der Waals surface area contributed by atoms with E-state index >= 15 is 0 Å². The van der Waals surface area contributed by atoms with Crippen LogP contribution in [0, 0.1) is 0 Å². The van der Waals surface area contributed by atoms with Crippen LogP contribution in [0.2, 0.25) is 0 Å². The van der Waals surface area contributed by atoms with Crippen molar-refractivity contribution in [3.63, 3.8) is 0 Å². The van der Waals surface area contributed by atoms with Gasteiger partial charge in [0.25, 0.3) is 0 Å². The molecule has 0 unspecified atom stereocenters. The number of carbonyl (C=O) groups excluding carboxylic acids is 1. The van der Waals surface area contributed by atoms with Gasteiger partial charge in [-0.15, -0.1) is 0 Å². The number of carbonyl (C=O) groups is 1. The predicted molar refractivity (Wildman–Crippen MR) is 79.8 cm³/mol. The fraction of sp³-hybridized carbons (Fsp3) is 0.118. The molecule has 3 heteroatoms. The van der Waals surface area contributed by atoms with E-state index in [0.29, 0.717) is 6.61 Å². The maximum Gasteiger partial charge on any atom is 0.418 e. The summed E-state index contributed by atoms with van der Waals surface area (Å²) in [4.78, 5) is 12.0. The van der Waals surface area contributed by atoms with Crippen LogP contribution in [0.5, 0.6) is 0 Å². The number of nitrogens with zero attached hydrogens (tertiary/aromatic N) is 1. The first kappa shape index (κ1) is 12.5. The molecule has 0 saturated heterocycles. The summed E-state index contributed by atoms with van der Waals surface area (Å²) in [5, 5.41) is 1.05. The SMILES string of the molecule is CCOC(=O)n1cc(-c2ccccc2)c2ccccc21. The Labute approximate surface area is 117 Å². The van der Waals surface area contributed by atoms with E-state index in [9.17, 15) is 4.79 Å². The third kappa shape index (κ3) is 2.07. The molecule has 0 aliphatic heterocycles. The largest absolute Gasteiger partial charge is 0.449 e. The second-order valence-electron chi connectivity index (χ2n) is 4.49. The molecule has 0 aliphatic rings. The van der Waals surface area contributed by atoms with Crippen LogP contribution in [0.1, 0.15) is 6.92 Å². The summed E-state index contributed by atoms with van der Waals surface area (Å²) < 4.78 is 6.68. The van der Waals surface area contributed by atoms with E-state index in [2.05, 4.69) is 0 Å². The molecule has 0 spiro atoms. The van der Waals surface area contributed by atoms with Gasteiger partial charge in [0.1, 0.15) is 0 Å². The topological polar surface area (TPSA) is 31.2 Å². The smallest absolute Gasteiger partial charge is 0.418 e. The van der Waals surface area contributed by atoms with Gasteiger partial charge >= 0.3 is 6.09 Å². The van der Waals surface area contributed by atoms with Gasteiger partial charge in [-0.2, -0.15) is 0 Å². The molecule has 20 heavy (non-hydrogen) atoms. The van der Waals surface area contributed by atoms with E-state index in [1.807, 2.05) is 67.7 Å². The van der Waals surface area contributed by atoms with Gasteiger partial charge in [0.15, 0.2) is 0 Å². The summed E-state index contributed by atoms with van der Waals surface area (Å²) in [7, 11) is 0. The average Bonchev–Trinajstić information content (AvgIpc) is 2.88. The van der Waals surface area contributed by atoms with Crippen molar-refractivity contribution in [2.75, 3.05) is 6.61 Å². The Hall–Kier alpha value is -2.55. The molecular weight excluding hydrogens is 250 g/mol. The number of fused-ring (bicyclic) bond motifs is 1. The Balaban J connectivity index is 2.22. The van der Waals surface area contributed by atoms with Crippen molar-refractivity contribution < 1.29 is 9.53 Å². The first-order chi connectivity index (χ1) is 9.81. The van der Waals surface area contributed by atoms with Gasteiger partial charge < -0.3 is 4.74 Å². The number of rotatable bonds is 2. The minimum absolute atomic E-state index is 0.342. The van der Waals surface area contributed by atoms with Gasteiger partial charge in [0.2, 0.25) is 0 Å². The van der Waals surface area contributed by atoms with Crippen LogP contribution in [0.3, 0.4) is 0 Å². The van der Waals surface area contributed by atoms with Crippen molar-refractivity contribution >= 4 is 17.0 Å². The summed E-state index contributed by atoms with van der Waals surface area (Å²) >= 11 is 0. The molecule has 0 N–H and O–H groups in total. The Morgan fingerprint density at radius 1 is 1.05 bits per heavy atom. The van der Waals surface area contributed by atoms with Gasteiger partial charge in [0.05, 0.1) is 12.1 Å². The lowest BCUT2D eigenvalue weighted by molar-refractivity contribution is 0.155. The molecular formula is C17H15NO2. The summed E-state index contributed by atoms with van der Waals surface area (Å²) in [6.45, 7) is 2.17. The van der Waals surface area contributed by atoms with Crippen LogP contribution in [0.15, 0.2) is 60.8 Å². The molecule has 0 amide bonds. The van der Waals surface area contributed by atoms with Crippen LogP contribution in [0.25, 0.3) is 22.0 Å². The Bertz CT molecular complexity index is 744. The van der Waals surface area contributed by atoms with Crippen molar-refractivity contribution in [1.82, 2.24) is 4.57 Å². The van der Waals surface area contributed by atoms with E-state index < -0.39 is 0 Å². The molecule has 3 aromatic rings. The van der Waals surface area contributed by atoms with Gasteiger partial charge in [-0.05, 0) is 18.6 Å². The van der Waals surface area contributed by atoms with E-state index in [-0.39, 0.29) is 6.09 Å². The van der Waals surface area contributed by atoms with E-state index in [1.54, 1.807) is 4.57 Å². The highest BCUT2D eigenvalue weighted by atomic mass is 16.5. The fourth-order valence-electron chi connectivity index (χ4n) is 2.37. The Kier molecular flexibility index (Phi) is 3.25. The zero-order valence-corrected chi connectivity index (χ0v) is 11.2. The third-order valence-electron chi connectivity index (χ3n) is 3.26. The molecule has 0 bridgehead atoms. The van der Waals surface area contributed by atoms with Crippen LogP contribution in [-0.4, -0.2) is 17.3 Å². The number of ether oxygens (including phenoxy) is 1. The Morgan fingerprint density at radius 2 is 1.75 bits per heavy atom. The highest BCUT2D eigenvalue weighted by molar-refractivity contribution is 6.00. The summed E-state index contributed by atoms with van der Waals surface area (Å²) in [5.41, 5.74) is 2.99. The number of benzene rings is 2. The second kappa shape index (κ2) is 5.21. The van der Waals surface area contributed by atoms with Crippen molar-refractivity contribution in [2.45, 2.75) is 6.92 Å². The first-order valence-corrected chi connectivity index (χ1v) is 6.64. The third-order valence-corrected chi connectivity index (χ3v) is 3.26. The fourth-order valence-corrected chi connectivity index (χ4v) is 2.37. The maximum atomic E-state index is 12.0. The summed E-state index contributed by atoms with van der Waals surface area (Å²) in [6.07, 6.45) is 1.50. The predicted octanol–water partition coefficient (Wildman–Crippen LogP) is 4.31. The van der Waals surface area contributed by atoms with E-state index in [1.165, 1.54) is 0 Å². The number of aromatic nitrogens is 1. The molecule has 3 rings (SSSR count). The lowest BCUT2D eigenvalue weighted by Crippen LogP contribution is -2.11. The second-order valence-corrected chi connectivity index (χ2v) is 4.49. The summed E-state index contributed by atoms with van der Waals surface area (Å²) in [6, 6.07) is 17.9. The lowest BCUT2D eigenvalue weighted by Gasteiger charge is -2.03. The van der Waals surface area contributed by atoms with E-state index in [4.69, 9.17) is 4.74 Å². The molecule has 3 nitrogen and oxygen atoms in total. The van der Waals surface area contributed by atoms with Gasteiger partial charge in [-0.3, -0.25) is 4.57 Å². The molecule has 0 aliphatic carbocycles. The van der Waals surface area contributed by atoms with Gasteiger partial charge in [0, 0.05) is 17.1 Å². The number of hydrogen-bond acceptors (Lipinski definition) is 2. The van der Waals surface area contributed by atoms with Gasteiger partial charge in [-0.25, -0.2) is 4.79 Å². The monoisotopic (exact) mass is 265 g/mol. The molecule has 0 atom stereocenters. The molecule has 1 aromatic heterocycles. The molecule has 0 radical (unpaired) electrons. The number of para-hydroxylation sites is 1. The maximum absolute atomic E-state index is 12.0. The van der Waals surface area contributed by atoms with Crippen LogP contribution in [-0.2, 0) is 4.74 Å². The number of hydrogen-bond donors (Lipinski definition) is 0. The first-order valence-electron chi connectivity index (χ1n) is 6.64. The van der Waals surface area contributed by atoms with Crippen LogP contribution < -0.4 is 0 Å². The lowest BCUT2D eigenvalue weighted by atomic mass is 10.1. The molecule has 0 fully saturated rings. The minimum Gasteiger partial charge on any atom is -0.449 e. The highest BCUT2D eigenvalue weighted by Gasteiger charge is 2.14. The molecule has 100 valence electrons. The molecule has 2 aromatic carbocycles. The van der Waals surface area contributed by atoms with E-state index in [0.717, 1.165) is 22.0 Å². The quantitative estimate of drug-likeness (QED) is 0.691. The standard InChI is InChI=1S/C17H15NO2/c1-2-20-17(19)18-12-15(13-8-4-3-5-9-13)14-10-6-7-11-16(14)18/h3-12H,2H2,1H3. The highest BCUT2D eigenvalue weighted by Crippen LogP contribution is 2.30. The van der Waals surface area contributed by atoms with Crippen molar-refractivity contribution in [3.8, 4) is 11.1 Å². The molecule has 1 heterocycles. The van der Waals surface area contributed by atoms with Crippen LogP contribution >= 0.6 is 0 Å². The molecule has 0 saturated carbocycles. The minimum atomic E-state index is -0.342. The normalized spacial score (nSPS) is 10.7. The van der Waals surface area contributed by atoms with Crippen molar-refractivity contribution in [1.29, 1.82) is 0 Å². The van der Waals surface area contributed by atoms with Gasteiger partial charge in [-0.1, -0.05) is 48.5 Å². The van der Waals surface area contributed by atoms with Crippen molar-refractivity contribution in [2.24, 2.45) is 0 Å². The van der Waals surface area contributed by atoms with Crippen LogP contribution in [0.4, 0.5) is 4.79 Å². The summed E-state index contributed by atoms with van der Waals surface area (Å²) in [5.74, 6) is 0. The zero-order chi connectivity index (χ0) is 13.9. The Morgan fingerprint density at radius 3 is 2.50 bits per heavy atom. The van der Waals surface area contributed by atoms with Crippen molar-refractivity contribution in [3.05, 3.63) is 60.8 Å².